The number of hydrogen-bond donors (Lipinski definition) is 1. The fraction of sp³-hybridized carbons (Fsp3) is 0.261. The Bertz CT molecular complexity index is 1110. The van der Waals surface area contributed by atoms with Crippen LogP contribution in [-0.2, 0) is 39.3 Å². The van der Waals surface area contributed by atoms with Crippen LogP contribution in [0.4, 0.5) is 5.69 Å². The van der Waals surface area contributed by atoms with Crippen molar-refractivity contribution in [3.63, 3.8) is 0 Å². The maximum atomic E-state index is 12.5. The van der Waals surface area contributed by atoms with Crippen molar-refractivity contribution in [1.29, 1.82) is 0 Å². The normalized spacial score (nSPS) is 11.3. The Morgan fingerprint density at radius 1 is 1.03 bits per heavy atom. The van der Waals surface area contributed by atoms with E-state index in [2.05, 4.69) is 5.32 Å². The molecular formula is C23H26N2O5S. The first-order valence-electron chi connectivity index (χ1n) is 9.81. The number of anilines is 1. The number of sulfonamides is 1. The predicted molar refractivity (Wildman–Crippen MR) is 119 cm³/mol. The minimum atomic E-state index is -3.61. The second kappa shape index (κ2) is 10.3. The fourth-order valence-corrected chi connectivity index (χ4v) is 4.02. The van der Waals surface area contributed by atoms with E-state index >= 15 is 0 Å². The maximum Gasteiger partial charge on any atom is 0.241 e. The topological polar surface area (TPSA) is 88.8 Å². The van der Waals surface area contributed by atoms with Crippen LogP contribution in [0.2, 0.25) is 0 Å². The molecule has 3 rings (SSSR count). The van der Waals surface area contributed by atoms with Gasteiger partial charge in [-0.15, -0.1) is 0 Å². The highest BCUT2D eigenvalue weighted by molar-refractivity contribution is 7.92. The summed E-state index contributed by atoms with van der Waals surface area (Å²) in [5.41, 5.74) is 3.14. The maximum absolute atomic E-state index is 12.5. The molecule has 0 atom stereocenters. The Hall–Kier alpha value is -3.10. The second-order valence-corrected chi connectivity index (χ2v) is 9.13. The standard InChI is InChI=1S/C23H26N2O5S/c1-18-7-3-4-11-22(18)25(31(2,27)28)15-23(26)24-14-19-8-5-9-20(13-19)16-29-17-21-10-6-12-30-21/h3-13H,14-17H2,1-2H3,(H,24,26). The number of furan rings is 1. The zero-order valence-electron chi connectivity index (χ0n) is 17.6. The van der Waals surface area contributed by atoms with E-state index in [4.69, 9.17) is 9.15 Å². The van der Waals surface area contributed by atoms with Crippen molar-refractivity contribution in [1.82, 2.24) is 5.32 Å². The van der Waals surface area contributed by atoms with Gasteiger partial charge in [-0.05, 0) is 41.8 Å². The molecule has 0 saturated carbocycles. The van der Waals surface area contributed by atoms with E-state index in [9.17, 15) is 13.2 Å². The van der Waals surface area contributed by atoms with Gasteiger partial charge in [-0.25, -0.2) is 8.42 Å². The third-order valence-electron chi connectivity index (χ3n) is 4.65. The molecule has 2 aromatic carbocycles. The molecule has 0 bridgehead atoms. The number of nitrogens with one attached hydrogen (secondary N) is 1. The van der Waals surface area contributed by atoms with Gasteiger partial charge in [-0.3, -0.25) is 9.10 Å². The predicted octanol–water partition coefficient (Wildman–Crippen LogP) is 3.39. The highest BCUT2D eigenvalue weighted by atomic mass is 32.2. The average molecular weight is 443 g/mol. The number of aryl methyl sites for hydroxylation is 1. The van der Waals surface area contributed by atoms with E-state index in [1.807, 2.05) is 55.5 Å². The summed E-state index contributed by atoms with van der Waals surface area (Å²) in [4.78, 5) is 12.5. The lowest BCUT2D eigenvalue weighted by atomic mass is 10.1. The van der Waals surface area contributed by atoms with Gasteiger partial charge in [0, 0.05) is 6.54 Å². The van der Waals surface area contributed by atoms with Crippen molar-refractivity contribution in [2.75, 3.05) is 17.1 Å². The molecule has 0 aliphatic rings. The summed E-state index contributed by atoms with van der Waals surface area (Å²) < 4.78 is 36.5. The van der Waals surface area contributed by atoms with Crippen LogP contribution in [0.15, 0.2) is 71.3 Å². The quantitative estimate of drug-likeness (QED) is 0.520. The summed E-state index contributed by atoms with van der Waals surface area (Å²) in [5.74, 6) is 0.376. The van der Waals surface area contributed by atoms with Crippen LogP contribution in [0.1, 0.15) is 22.5 Å². The molecule has 0 spiro atoms. The van der Waals surface area contributed by atoms with Gasteiger partial charge in [0.15, 0.2) is 0 Å². The van der Waals surface area contributed by atoms with Gasteiger partial charge < -0.3 is 14.5 Å². The SMILES string of the molecule is Cc1ccccc1N(CC(=O)NCc1cccc(COCc2ccco2)c1)S(C)(=O)=O. The monoisotopic (exact) mass is 442 g/mol. The molecule has 0 aliphatic heterocycles. The van der Waals surface area contributed by atoms with Gasteiger partial charge in [-0.2, -0.15) is 0 Å². The summed E-state index contributed by atoms with van der Waals surface area (Å²) in [7, 11) is -3.61. The van der Waals surface area contributed by atoms with E-state index in [0.29, 0.717) is 18.9 Å². The fourth-order valence-electron chi connectivity index (χ4n) is 3.10. The van der Waals surface area contributed by atoms with Gasteiger partial charge in [0.1, 0.15) is 18.9 Å². The van der Waals surface area contributed by atoms with Crippen molar-refractivity contribution in [3.05, 3.63) is 89.4 Å². The van der Waals surface area contributed by atoms with Crippen molar-refractivity contribution in [2.24, 2.45) is 0 Å². The Balaban J connectivity index is 1.56. The summed E-state index contributed by atoms with van der Waals surface area (Å²) in [6, 6.07) is 18.4. The van der Waals surface area contributed by atoms with Gasteiger partial charge in [0.05, 0.1) is 24.8 Å². The third-order valence-corrected chi connectivity index (χ3v) is 5.77. The Kier molecular flexibility index (Phi) is 7.49. The van der Waals surface area contributed by atoms with Gasteiger partial charge in [0.25, 0.3) is 0 Å². The van der Waals surface area contributed by atoms with Crippen LogP contribution in [-0.4, -0.2) is 27.1 Å². The van der Waals surface area contributed by atoms with Crippen molar-refractivity contribution >= 4 is 21.6 Å². The van der Waals surface area contributed by atoms with Crippen LogP contribution in [0.25, 0.3) is 0 Å². The molecule has 8 heteroatoms. The van der Waals surface area contributed by atoms with Crippen LogP contribution in [0.5, 0.6) is 0 Å². The first kappa shape index (κ1) is 22.6. The molecular weight excluding hydrogens is 416 g/mol. The van der Waals surface area contributed by atoms with Crippen LogP contribution >= 0.6 is 0 Å². The summed E-state index contributed by atoms with van der Waals surface area (Å²) in [6.45, 7) is 2.61. The molecule has 1 aromatic heterocycles. The lowest BCUT2D eigenvalue weighted by Gasteiger charge is -2.23. The van der Waals surface area contributed by atoms with Crippen molar-refractivity contribution in [3.8, 4) is 0 Å². The zero-order chi connectivity index (χ0) is 22.3. The highest BCUT2D eigenvalue weighted by Gasteiger charge is 2.22. The lowest BCUT2D eigenvalue weighted by molar-refractivity contribution is -0.119. The minimum Gasteiger partial charge on any atom is -0.467 e. The van der Waals surface area contributed by atoms with Crippen molar-refractivity contribution in [2.45, 2.75) is 26.7 Å². The number of amides is 1. The van der Waals surface area contributed by atoms with Gasteiger partial charge in [-0.1, -0.05) is 42.5 Å². The molecule has 7 nitrogen and oxygen atoms in total. The number of ether oxygens (including phenoxy) is 1. The number of hydrogen-bond acceptors (Lipinski definition) is 5. The smallest absolute Gasteiger partial charge is 0.241 e. The Labute approximate surface area is 182 Å². The second-order valence-electron chi connectivity index (χ2n) is 7.22. The molecule has 0 fully saturated rings. The van der Waals surface area contributed by atoms with E-state index in [1.54, 1.807) is 18.4 Å². The summed E-state index contributed by atoms with van der Waals surface area (Å²) in [5, 5.41) is 2.80. The van der Waals surface area contributed by atoms with Crippen LogP contribution < -0.4 is 9.62 Å². The molecule has 0 saturated heterocycles. The summed E-state index contributed by atoms with van der Waals surface area (Å²) in [6.07, 6.45) is 2.70. The Morgan fingerprint density at radius 2 is 1.81 bits per heavy atom. The number of rotatable bonds is 10. The van der Waals surface area contributed by atoms with E-state index in [1.165, 1.54) is 0 Å². The first-order valence-corrected chi connectivity index (χ1v) is 11.7. The minimum absolute atomic E-state index is 0.282. The molecule has 0 unspecified atom stereocenters. The van der Waals surface area contributed by atoms with E-state index in [0.717, 1.165) is 33.0 Å². The van der Waals surface area contributed by atoms with E-state index in [-0.39, 0.29) is 19.0 Å². The number of benzene rings is 2. The lowest BCUT2D eigenvalue weighted by Crippen LogP contribution is -2.40. The number of nitrogens with zero attached hydrogens (tertiary/aromatic N) is 1. The largest absolute Gasteiger partial charge is 0.467 e. The van der Waals surface area contributed by atoms with Crippen LogP contribution in [0, 0.1) is 6.92 Å². The molecule has 1 N–H and O–H groups in total. The Morgan fingerprint density at radius 3 is 2.52 bits per heavy atom. The number of para-hydroxylation sites is 1. The first-order chi connectivity index (χ1) is 14.8. The zero-order valence-corrected chi connectivity index (χ0v) is 18.4. The molecule has 0 radical (unpaired) electrons. The molecule has 164 valence electrons. The molecule has 1 amide bonds. The molecule has 31 heavy (non-hydrogen) atoms. The number of carbonyl (C=O) groups is 1. The molecule has 1 heterocycles. The number of carbonyl (C=O) groups excluding carboxylic acids is 1. The van der Waals surface area contributed by atoms with Crippen LogP contribution in [0.3, 0.4) is 0 Å². The average Bonchev–Trinajstić information content (AvgIpc) is 3.24. The van der Waals surface area contributed by atoms with Gasteiger partial charge >= 0.3 is 0 Å². The molecule has 0 aliphatic carbocycles. The molecule has 3 aromatic rings. The van der Waals surface area contributed by atoms with Gasteiger partial charge in [0.2, 0.25) is 15.9 Å². The third kappa shape index (κ3) is 6.70. The van der Waals surface area contributed by atoms with E-state index < -0.39 is 10.0 Å². The summed E-state index contributed by atoms with van der Waals surface area (Å²) >= 11 is 0. The highest BCUT2D eigenvalue weighted by Crippen LogP contribution is 2.21. The van der Waals surface area contributed by atoms with Crippen molar-refractivity contribution < 1.29 is 22.4 Å².